The summed E-state index contributed by atoms with van der Waals surface area (Å²) in [4.78, 5) is 66.3. The summed E-state index contributed by atoms with van der Waals surface area (Å²) in [6.45, 7) is 5.69. The second-order valence-corrected chi connectivity index (χ2v) is 23.8. The van der Waals surface area contributed by atoms with Gasteiger partial charge in [-0.25, -0.2) is 15.4 Å². The molecule has 2 N–H and O–H groups in total. The van der Waals surface area contributed by atoms with Crippen molar-refractivity contribution in [1.29, 1.82) is 0 Å². The Bertz CT molecular complexity index is 3310. The Morgan fingerprint density at radius 3 is 1.62 bits per heavy atom. The molecule has 82 heavy (non-hydrogen) atoms. The largest absolute Gasteiger partial charge is 0.467 e. The molecule has 8 rings (SSSR count). The molecular weight excluding hydrogens is 1090 g/mol. The van der Waals surface area contributed by atoms with Crippen LogP contribution < -0.4 is 15.8 Å². The van der Waals surface area contributed by atoms with E-state index in [1.165, 1.54) is 42.0 Å². The number of benzene rings is 8. The molecule has 0 aromatic heterocycles. The van der Waals surface area contributed by atoms with Gasteiger partial charge in [0.2, 0.25) is 0 Å². The number of nitro groups is 1. The zero-order chi connectivity index (χ0) is 58.8. The highest BCUT2D eigenvalue weighted by molar-refractivity contribution is 8.00. The molecule has 13 nitrogen and oxygen atoms in total. The van der Waals surface area contributed by atoms with E-state index in [1.54, 1.807) is 84.2 Å². The Balaban J connectivity index is 0.000000266. The molecule has 0 aliphatic rings. The molecule has 4 atom stereocenters. The summed E-state index contributed by atoms with van der Waals surface area (Å²) in [5, 5.41) is 16.3. The molecule has 8 aromatic carbocycles. The fourth-order valence-electron chi connectivity index (χ4n) is 9.88. The molecule has 0 bridgehead atoms. The number of hydrogen-bond donors (Lipinski definition) is 1. The van der Waals surface area contributed by atoms with Crippen molar-refractivity contribution in [2.45, 2.75) is 67.7 Å². The van der Waals surface area contributed by atoms with E-state index < -0.39 is 51.1 Å². The SMILES string of the molecule is COC(=O)[C@H](CC(C[C@@H](CSC(c1ccccc1)(c1ccccc1)c1ccccc1)C(=O)OC(C)(C)C)SC)N(N)c1ccc2ccccc2c1.COC(=O)[C@H](CCSC)N(C(=O)c1ccccc1)c1cc([N+](=O)[O-])c2ccccc2c1. The summed E-state index contributed by atoms with van der Waals surface area (Å²) in [5.41, 5.74) is 3.93. The summed E-state index contributed by atoms with van der Waals surface area (Å²) >= 11 is 4.90. The van der Waals surface area contributed by atoms with Gasteiger partial charge in [-0.1, -0.05) is 158 Å². The van der Waals surface area contributed by atoms with Crippen LogP contribution in [0.25, 0.3) is 21.5 Å². The molecule has 1 unspecified atom stereocenters. The van der Waals surface area contributed by atoms with Crippen LogP contribution in [-0.2, 0) is 33.3 Å². The molecule has 1 amide bonds. The topological polar surface area (TPSA) is 172 Å². The Morgan fingerprint density at radius 1 is 0.598 bits per heavy atom. The number of amides is 1. The predicted molar refractivity (Wildman–Crippen MR) is 337 cm³/mol. The van der Waals surface area contributed by atoms with Crippen LogP contribution in [0.4, 0.5) is 17.1 Å². The molecule has 0 fully saturated rings. The molecule has 0 aliphatic carbocycles. The van der Waals surface area contributed by atoms with Gasteiger partial charge >= 0.3 is 17.9 Å². The molecule has 0 radical (unpaired) electrons. The number of non-ortho nitro benzene ring substituents is 1. The maximum Gasteiger partial charge on any atom is 0.330 e. The predicted octanol–water partition coefficient (Wildman–Crippen LogP) is 13.9. The first-order valence-electron chi connectivity index (χ1n) is 26.8. The number of thioether (sulfide) groups is 3. The van der Waals surface area contributed by atoms with Gasteiger partial charge in [0.15, 0.2) is 0 Å². The van der Waals surface area contributed by atoms with Gasteiger partial charge in [-0.3, -0.25) is 29.6 Å². The minimum absolute atomic E-state index is 0.113. The fourth-order valence-corrected chi connectivity index (χ4v) is 12.8. The van der Waals surface area contributed by atoms with Gasteiger partial charge in [-0.2, -0.15) is 23.5 Å². The third kappa shape index (κ3) is 15.5. The van der Waals surface area contributed by atoms with Crippen molar-refractivity contribution in [3.63, 3.8) is 0 Å². The minimum Gasteiger partial charge on any atom is -0.467 e. The number of hydrogen-bond acceptors (Lipinski definition) is 14. The maximum atomic E-state index is 14.1. The van der Waals surface area contributed by atoms with Gasteiger partial charge in [0.25, 0.3) is 11.6 Å². The van der Waals surface area contributed by atoms with Gasteiger partial charge in [0.1, 0.15) is 17.7 Å². The number of methoxy groups -OCH3 is 2. The van der Waals surface area contributed by atoms with E-state index in [0.29, 0.717) is 52.8 Å². The van der Waals surface area contributed by atoms with E-state index in [0.717, 1.165) is 27.5 Å². The van der Waals surface area contributed by atoms with Crippen LogP contribution in [0.5, 0.6) is 0 Å². The van der Waals surface area contributed by atoms with Crippen LogP contribution in [-0.4, -0.2) is 89.9 Å². The quantitative estimate of drug-likeness (QED) is 0.0160. The summed E-state index contributed by atoms with van der Waals surface area (Å²) in [7, 11) is 2.65. The van der Waals surface area contributed by atoms with Gasteiger partial charge in [-0.15, -0.1) is 11.8 Å². The Hall–Kier alpha value is -7.63. The number of nitro benzene ring substituents is 1. The number of nitrogens with two attached hydrogens (primary N) is 1. The smallest absolute Gasteiger partial charge is 0.330 e. The molecule has 0 aliphatic heterocycles. The van der Waals surface area contributed by atoms with Crippen LogP contribution in [0.15, 0.2) is 200 Å². The average Bonchev–Trinajstić information content (AvgIpc) is 2.75. The fraction of sp³-hybridized carbons (Fsp3) is 0.273. The average molecular weight is 1160 g/mol. The van der Waals surface area contributed by atoms with E-state index in [9.17, 15) is 29.3 Å². The molecule has 0 saturated heterocycles. The lowest BCUT2D eigenvalue weighted by atomic mass is 9.84. The van der Waals surface area contributed by atoms with Crippen molar-refractivity contribution in [2.24, 2.45) is 11.8 Å². The number of hydrazine groups is 1. The third-order valence-electron chi connectivity index (χ3n) is 13.9. The third-order valence-corrected chi connectivity index (χ3v) is 17.3. The molecule has 16 heteroatoms. The molecule has 0 spiro atoms. The Kier molecular flexibility index (Phi) is 22.2. The first-order valence-corrected chi connectivity index (χ1v) is 30.5. The number of fused-ring (bicyclic) bond motifs is 2. The summed E-state index contributed by atoms with van der Waals surface area (Å²) in [6.07, 6.45) is 5.11. The molecule has 0 saturated carbocycles. The van der Waals surface area contributed by atoms with E-state index in [-0.39, 0.29) is 22.6 Å². The van der Waals surface area contributed by atoms with E-state index >= 15 is 0 Å². The second kappa shape index (κ2) is 29.4. The summed E-state index contributed by atoms with van der Waals surface area (Å²) in [5.74, 6) is 5.63. The first kappa shape index (κ1) is 62.0. The standard InChI is InChI=1S/C43H48N2O4S2.C23H22N2O5S/c1-42(2,3)49-40(46)33(28-38(50-5)29-39(41(47)48-4)45(44)37-26-25-31-17-15-16-18-32(31)27-37)30-51-43(34-19-9-6-10-20-34,35-21-11-7-12-22-35)36-23-13-8-14-24-36;1-30-23(27)20(12-13-31-2)24(22(26)16-8-4-3-5-9-16)18-14-17-10-6-7-11-19(17)21(15-18)25(28)29/h6-27,33,38-39H,28-30,44H2,1-5H3;3-11,14-15,20H,12-13H2,1-2H3/t33-,38?,39-;20-/m00/s1. The minimum atomic E-state index is -0.925. The van der Waals surface area contributed by atoms with Crippen molar-refractivity contribution in [2.75, 3.05) is 48.1 Å². The lowest BCUT2D eigenvalue weighted by Crippen LogP contribution is -2.48. The zero-order valence-electron chi connectivity index (χ0n) is 47.2. The lowest BCUT2D eigenvalue weighted by Gasteiger charge is -2.37. The maximum absolute atomic E-state index is 14.1. The molecule has 0 heterocycles. The van der Waals surface area contributed by atoms with Crippen LogP contribution in [0.1, 0.15) is 67.1 Å². The number of rotatable bonds is 23. The summed E-state index contributed by atoms with van der Waals surface area (Å²) in [6, 6.07) is 62.1. The van der Waals surface area contributed by atoms with Crippen LogP contribution in [0.3, 0.4) is 0 Å². The van der Waals surface area contributed by atoms with Crippen molar-refractivity contribution in [1.82, 2.24) is 0 Å². The normalized spacial score (nSPS) is 12.9. The molecular formula is C66H70N4O9S3. The number of nitrogens with zero attached hydrogens (tertiary/aromatic N) is 3. The molecule has 8 aromatic rings. The summed E-state index contributed by atoms with van der Waals surface area (Å²) < 4.78 is 15.7. The van der Waals surface area contributed by atoms with Gasteiger partial charge in [-0.05, 0) is 128 Å². The Morgan fingerprint density at radius 2 is 1.10 bits per heavy atom. The second-order valence-electron chi connectivity index (χ2n) is 20.4. The number of carbonyl (C=O) groups is 4. The van der Waals surface area contributed by atoms with Gasteiger partial charge in [0, 0.05) is 22.6 Å². The van der Waals surface area contributed by atoms with Crippen LogP contribution >= 0.6 is 35.3 Å². The number of anilines is 2. The highest BCUT2D eigenvalue weighted by Gasteiger charge is 2.41. The zero-order valence-corrected chi connectivity index (χ0v) is 49.7. The Labute approximate surface area is 493 Å². The number of esters is 3. The van der Waals surface area contributed by atoms with E-state index in [2.05, 4.69) is 72.8 Å². The van der Waals surface area contributed by atoms with Gasteiger partial charge in [0.05, 0.1) is 46.6 Å². The highest BCUT2D eigenvalue weighted by Crippen LogP contribution is 2.50. The first-order chi connectivity index (χ1) is 39.5. The van der Waals surface area contributed by atoms with Crippen LogP contribution in [0, 0.1) is 16.0 Å². The van der Waals surface area contributed by atoms with Crippen molar-refractivity contribution >= 4 is 97.7 Å². The van der Waals surface area contributed by atoms with Crippen molar-refractivity contribution < 1.29 is 38.3 Å². The van der Waals surface area contributed by atoms with E-state index in [1.807, 2.05) is 93.9 Å². The highest BCUT2D eigenvalue weighted by atomic mass is 32.2. The van der Waals surface area contributed by atoms with Crippen molar-refractivity contribution in [3.8, 4) is 0 Å². The van der Waals surface area contributed by atoms with Crippen LogP contribution in [0.2, 0.25) is 0 Å². The van der Waals surface area contributed by atoms with E-state index in [4.69, 9.17) is 20.1 Å². The number of carbonyl (C=O) groups excluding carboxylic acids is 4. The lowest BCUT2D eigenvalue weighted by molar-refractivity contribution is -0.383. The van der Waals surface area contributed by atoms with Crippen molar-refractivity contribution in [3.05, 3.63) is 233 Å². The molecule has 426 valence electrons. The monoisotopic (exact) mass is 1160 g/mol. The van der Waals surface area contributed by atoms with Gasteiger partial charge < -0.3 is 14.2 Å². The number of ether oxygens (including phenoxy) is 3.